The van der Waals surface area contributed by atoms with Gasteiger partial charge >= 0.3 is 6.09 Å². The fourth-order valence-electron chi connectivity index (χ4n) is 1.67. The van der Waals surface area contributed by atoms with Crippen molar-refractivity contribution in [2.45, 2.75) is 13.2 Å². The molecule has 1 N–H and O–H groups in total. The number of carbonyl (C=O) groups excluding carboxylic acids is 1. The van der Waals surface area contributed by atoms with Gasteiger partial charge in [0.15, 0.2) is 6.23 Å². The van der Waals surface area contributed by atoms with Crippen molar-refractivity contribution in [3.05, 3.63) is 35.9 Å². The van der Waals surface area contributed by atoms with E-state index < -0.39 is 12.3 Å². The Morgan fingerprint density at radius 1 is 1.50 bits per heavy atom. The van der Waals surface area contributed by atoms with Gasteiger partial charge < -0.3 is 9.84 Å². The number of benzene rings is 1. The maximum atomic E-state index is 11.7. The van der Waals surface area contributed by atoms with E-state index in [1.54, 1.807) is 25.1 Å². The van der Waals surface area contributed by atoms with Gasteiger partial charge in [-0.3, -0.25) is 0 Å². The van der Waals surface area contributed by atoms with Crippen molar-refractivity contribution >= 4 is 17.9 Å². The topological polar surface area (TPSA) is 49.8 Å². The molecule has 0 aromatic heterocycles. The number of para-hydroxylation sites is 1. The van der Waals surface area contributed by atoms with Gasteiger partial charge in [0.1, 0.15) is 0 Å². The third-order valence-corrected chi connectivity index (χ3v) is 2.37. The van der Waals surface area contributed by atoms with Gasteiger partial charge in [-0.05, 0) is 24.6 Å². The zero-order valence-electron chi connectivity index (χ0n) is 8.96. The first-order chi connectivity index (χ1) is 7.74. The second kappa shape index (κ2) is 4.37. The second-order valence-corrected chi connectivity index (χ2v) is 3.40. The van der Waals surface area contributed by atoms with Crippen LogP contribution < -0.4 is 4.90 Å². The van der Waals surface area contributed by atoms with Gasteiger partial charge in [-0.15, -0.1) is 0 Å². The lowest BCUT2D eigenvalue weighted by atomic mass is 10.1. The first-order valence-corrected chi connectivity index (χ1v) is 5.15. The summed E-state index contributed by atoms with van der Waals surface area (Å²) in [5, 5.41) is 9.75. The average Bonchev–Trinajstić information content (AvgIpc) is 2.29. The summed E-state index contributed by atoms with van der Waals surface area (Å²) >= 11 is 0. The molecule has 4 heteroatoms. The maximum absolute atomic E-state index is 11.7. The number of aliphatic hydroxyl groups is 1. The van der Waals surface area contributed by atoms with Crippen molar-refractivity contribution in [1.29, 1.82) is 0 Å². The molecular formula is C12H13NO3. The Morgan fingerprint density at radius 3 is 3.00 bits per heavy atom. The Balaban J connectivity index is 2.37. The average molecular weight is 219 g/mol. The largest absolute Gasteiger partial charge is 0.449 e. The van der Waals surface area contributed by atoms with E-state index in [2.05, 4.69) is 0 Å². The summed E-state index contributed by atoms with van der Waals surface area (Å²) in [6.07, 6.45) is 1.84. The summed E-state index contributed by atoms with van der Waals surface area (Å²) in [7, 11) is 0. The first kappa shape index (κ1) is 10.7. The van der Waals surface area contributed by atoms with Crippen LogP contribution >= 0.6 is 0 Å². The van der Waals surface area contributed by atoms with Crippen molar-refractivity contribution in [1.82, 2.24) is 0 Å². The van der Waals surface area contributed by atoms with Crippen molar-refractivity contribution in [2.24, 2.45) is 0 Å². The third-order valence-electron chi connectivity index (χ3n) is 2.37. The Bertz CT molecular complexity index is 428. The van der Waals surface area contributed by atoms with Gasteiger partial charge in [-0.2, -0.15) is 0 Å². The Hall–Kier alpha value is -1.81. The number of hydrogen-bond acceptors (Lipinski definition) is 3. The molecule has 0 spiro atoms. The van der Waals surface area contributed by atoms with Crippen LogP contribution in [0.1, 0.15) is 12.5 Å². The number of carbonyl (C=O) groups is 1. The summed E-state index contributed by atoms with van der Waals surface area (Å²) in [4.78, 5) is 12.9. The highest BCUT2D eigenvalue weighted by Crippen LogP contribution is 2.28. The van der Waals surface area contributed by atoms with E-state index in [4.69, 9.17) is 4.74 Å². The smallest absolute Gasteiger partial charge is 0.416 e. The molecule has 1 atom stereocenters. The normalized spacial score (nSPS) is 18.1. The fourth-order valence-corrected chi connectivity index (χ4v) is 1.67. The Morgan fingerprint density at radius 2 is 2.25 bits per heavy atom. The lowest BCUT2D eigenvalue weighted by molar-refractivity contribution is 0.139. The first-order valence-electron chi connectivity index (χ1n) is 5.15. The molecule has 0 saturated carbocycles. The maximum Gasteiger partial charge on any atom is 0.416 e. The lowest BCUT2D eigenvalue weighted by Crippen LogP contribution is -2.41. The molecule has 0 fully saturated rings. The van der Waals surface area contributed by atoms with E-state index in [0.717, 1.165) is 5.56 Å². The fraction of sp³-hybridized carbons (Fsp3) is 0.250. The predicted molar refractivity (Wildman–Crippen MR) is 61.0 cm³/mol. The number of aliphatic hydroxyl groups excluding tert-OH is 1. The Kier molecular flexibility index (Phi) is 2.92. The molecule has 0 saturated heterocycles. The molecule has 1 amide bonds. The van der Waals surface area contributed by atoms with E-state index in [9.17, 15) is 9.90 Å². The standard InChI is InChI=1S/C12H13NO3/c1-2-16-12(15)13-10-6-4-3-5-9(10)7-8-11(13)14/h3-8,11,14H,2H2,1H3. The minimum absolute atomic E-state index is 0.286. The molecule has 1 aliphatic heterocycles. The van der Waals surface area contributed by atoms with E-state index in [-0.39, 0.29) is 6.61 Å². The van der Waals surface area contributed by atoms with Crippen LogP contribution in [-0.4, -0.2) is 24.0 Å². The van der Waals surface area contributed by atoms with Crippen LogP contribution in [0.25, 0.3) is 6.08 Å². The van der Waals surface area contributed by atoms with E-state index >= 15 is 0 Å². The third kappa shape index (κ3) is 1.79. The summed E-state index contributed by atoms with van der Waals surface area (Å²) < 4.78 is 4.90. The van der Waals surface area contributed by atoms with Crippen LogP contribution in [0, 0.1) is 0 Å². The van der Waals surface area contributed by atoms with Gasteiger partial charge in [0, 0.05) is 0 Å². The van der Waals surface area contributed by atoms with E-state index in [1.165, 1.54) is 4.90 Å². The van der Waals surface area contributed by atoms with Crippen LogP contribution in [0.4, 0.5) is 10.5 Å². The van der Waals surface area contributed by atoms with Gasteiger partial charge in [-0.1, -0.05) is 24.3 Å². The van der Waals surface area contributed by atoms with E-state index in [0.29, 0.717) is 5.69 Å². The predicted octanol–water partition coefficient (Wildman–Crippen LogP) is 1.99. The molecular weight excluding hydrogens is 206 g/mol. The van der Waals surface area contributed by atoms with Gasteiger partial charge in [0.25, 0.3) is 0 Å². The highest BCUT2D eigenvalue weighted by Gasteiger charge is 2.27. The monoisotopic (exact) mass is 219 g/mol. The summed E-state index contributed by atoms with van der Waals surface area (Å²) in [5.74, 6) is 0. The zero-order chi connectivity index (χ0) is 11.5. The van der Waals surface area contributed by atoms with Crippen LogP contribution in [0.5, 0.6) is 0 Å². The quantitative estimate of drug-likeness (QED) is 0.785. The highest BCUT2D eigenvalue weighted by molar-refractivity contribution is 5.93. The molecule has 1 aromatic rings. The van der Waals surface area contributed by atoms with Crippen molar-refractivity contribution in [3.63, 3.8) is 0 Å². The van der Waals surface area contributed by atoms with Crippen molar-refractivity contribution in [2.75, 3.05) is 11.5 Å². The van der Waals surface area contributed by atoms with Crippen LogP contribution in [0.3, 0.4) is 0 Å². The lowest BCUT2D eigenvalue weighted by Gasteiger charge is -2.29. The minimum Gasteiger partial charge on any atom is -0.449 e. The summed E-state index contributed by atoms with van der Waals surface area (Å²) in [6.45, 7) is 2.02. The SMILES string of the molecule is CCOC(=O)N1c2ccccc2C=CC1O. The molecule has 1 heterocycles. The number of hydrogen-bond donors (Lipinski definition) is 1. The number of anilines is 1. The number of nitrogens with zero attached hydrogens (tertiary/aromatic N) is 1. The number of amides is 1. The van der Waals surface area contributed by atoms with Crippen LogP contribution in [0.15, 0.2) is 30.3 Å². The molecule has 1 aromatic carbocycles. The van der Waals surface area contributed by atoms with Gasteiger partial charge in [0.05, 0.1) is 12.3 Å². The summed E-state index contributed by atoms with van der Waals surface area (Å²) in [6, 6.07) is 7.35. The molecule has 2 rings (SSSR count). The van der Waals surface area contributed by atoms with E-state index in [1.807, 2.05) is 18.2 Å². The molecule has 16 heavy (non-hydrogen) atoms. The van der Waals surface area contributed by atoms with Crippen LogP contribution in [0.2, 0.25) is 0 Å². The zero-order valence-corrected chi connectivity index (χ0v) is 8.96. The number of fused-ring (bicyclic) bond motifs is 1. The van der Waals surface area contributed by atoms with Crippen molar-refractivity contribution < 1.29 is 14.6 Å². The molecule has 84 valence electrons. The van der Waals surface area contributed by atoms with Gasteiger partial charge in [0.2, 0.25) is 0 Å². The molecule has 1 unspecified atom stereocenters. The molecule has 4 nitrogen and oxygen atoms in total. The Labute approximate surface area is 93.8 Å². The molecule has 0 aliphatic carbocycles. The molecule has 0 bridgehead atoms. The van der Waals surface area contributed by atoms with Crippen molar-refractivity contribution in [3.8, 4) is 0 Å². The number of ether oxygens (including phenoxy) is 1. The van der Waals surface area contributed by atoms with Crippen LogP contribution in [-0.2, 0) is 4.74 Å². The number of rotatable bonds is 1. The van der Waals surface area contributed by atoms with Gasteiger partial charge in [-0.25, -0.2) is 9.69 Å². The second-order valence-electron chi connectivity index (χ2n) is 3.40. The highest BCUT2D eigenvalue weighted by atomic mass is 16.6. The molecule has 0 radical (unpaired) electrons. The minimum atomic E-state index is -0.964. The summed E-state index contributed by atoms with van der Waals surface area (Å²) in [5.41, 5.74) is 1.55. The molecule has 1 aliphatic rings.